The predicted octanol–water partition coefficient (Wildman–Crippen LogP) is 5.58. The van der Waals surface area contributed by atoms with Crippen LogP contribution in [-0.2, 0) is 18.3 Å². The molecule has 3 rings (SSSR count). The van der Waals surface area contributed by atoms with E-state index < -0.39 is 0 Å². The highest BCUT2D eigenvalue weighted by Gasteiger charge is 2.52. The number of aryl methyl sites for hydroxylation is 2. The van der Waals surface area contributed by atoms with Crippen molar-refractivity contribution in [1.82, 2.24) is 0 Å². The van der Waals surface area contributed by atoms with Gasteiger partial charge in [0.2, 0.25) is 0 Å². The van der Waals surface area contributed by atoms with Gasteiger partial charge in [-0.15, -0.1) is 0 Å². The van der Waals surface area contributed by atoms with Crippen molar-refractivity contribution >= 4 is 0 Å². The van der Waals surface area contributed by atoms with Crippen LogP contribution in [0.2, 0.25) is 0 Å². The Kier molecular flexibility index (Phi) is 5.06. The van der Waals surface area contributed by atoms with Crippen molar-refractivity contribution in [2.24, 2.45) is 11.7 Å². The molecule has 0 bridgehead atoms. The summed E-state index contributed by atoms with van der Waals surface area (Å²) in [5.74, 6) is 0.622. The van der Waals surface area contributed by atoms with Crippen LogP contribution in [0.3, 0.4) is 0 Å². The number of rotatable bonds is 7. The van der Waals surface area contributed by atoms with E-state index in [1.807, 2.05) is 0 Å². The van der Waals surface area contributed by atoms with Gasteiger partial charge in [-0.3, -0.25) is 0 Å². The quantitative estimate of drug-likeness (QED) is 0.703. The molecule has 0 amide bonds. The Morgan fingerprint density at radius 1 is 0.960 bits per heavy atom. The van der Waals surface area contributed by atoms with Crippen LogP contribution in [0.5, 0.6) is 0 Å². The Bertz CT molecular complexity index is 726. The molecule has 0 saturated heterocycles. The molecule has 2 aromatic rings. The fourth-order valence-electron chi connectivity index (χ4n) is 4.56. The van der Waals surface area contributed by atoms with Crippen molar-refractivity contribution in [1.29, 1.82) is 0 Å². The molecule has 1 fully saturated rings. The van der Waals surface area contributed by atoms with E-state index in [0.29, 0.717) is 5.92 Å². The van der Waals surface area contributed by atoms with Gasteiger partial charge in [0, 0.05) is 11.0 Å². The van der Waals surface area contributed by atoms with E-state index in [9.17, 15) is 0 Å². The zero-order valence-electron chi connectivity index (χ0n) is 16.3. The molecule has 1 atom stereocenters. The molecule has 0 heterocycles. The number of hydrogen-bond acceptors (Lipinski definition) is 1. The lowest BCUT2D eigenvalue weighted by molar-refractivity contribution is 0.216. The molecular formula is C24H33N. The molecule has 0 aromatic heterocycles. The summed E-state index contributed by atoms with van der Waals surface area (Å²) in [6, 6.07) is 17.7. The van der Waals surface area contributed by atoms with E-state index in [-0.39, 0.29) is 11.0 Å². The molecule has 0 aliphatic heterocycles. The summed E-state index contributed by atoms with van der Waals surface area (Å²) in [6.45, 7) is 9.19. The SMILES string of the molecule is CCCc1ccccc1CC(N)(C1CC1)C(C)(C)c1ccccc1C. The summed E-state index contributed by atoms with van der Waals surface area (Å²) in [4.78, 5) is 0. The number of nitrogens with two attached hydrogens (primary N) is 1. The summed E-state index contributed by atoms with van der Waals surface area (Å²) >= 11 is 0. The van der Waals surface area contributed by atoms with Gasteiger partial charge in [-0.25, -0.2) is 0 Å². The van der Waals surface area contributed by atoms with Crippen LogP contribution in [0.4, 0.5) is 0 Å². The van der Waals surface area contributed by atoms with E-state index in [0.717, 1.165) is 12.8 Å². The first-order valence-electron chi connectivity index (χ1n) is 9.82. The average molecular weight is 336 g/mol. The third-order valence-corrected chi connectivity index (χ3v) is 6.41. The molecule has 0 spiro atoms. The van der Waals surface area contributed by atoms with Gasteiger partial charge in [0.1, 0.15) is 0 Å². The Morgan fingerprint density at radius 2 is 1.56 bits per heavy atom. The smallest absolute Gasteiger partial charge is 0.0316 e. The number of hydrogen-bond donors (Lipinski definition) is 1. The van der Waals surface area contributed by atoms with Crippen molar-refractivity contribution < 1.29 is 0 Å². The number of benzene rings is 2. The minimum Gasteiger partial charge on any atom is -0.324 e. The van der Waals surface area contributed by atoms with Gasteiger partial charge in [-0.2, -0.15) is 0 Å². The third kappa shape index (κ3) is 3.40. The largest absolute Gasteiger partial charge is 0.324 e. The van der Waals surface area contributed by atoms with Gasteiger partial charge >= 0.3 is 0 Å². The first kappa shape index (κ1) is 18.2. The fourth-order valence-corrected chi connectivity index (χ4v) is 4.56. The topological polar surface area (TPSA) is 26.0 Å². The molecule has 1 saturated carbocycles. The lowest BCUT2D eigenvalue weighted by atomic mass is 9.62. The molecule has 2 aromatic carbocycles. The Labute approximate surface area is 153 Å². The highest BCUT2D eigenvalue weighted by Crippen LogP contribution is 2.50. The van der Waals surface area contributed by atoms with E-state index in [1.54, 1.807) is 0 Å². The minimum atomic E-state index is -0.205. The van der Waals surface area contributed by atoms with Crippen LogP contribution in [0, 0.1) is 12.8 Å². The van der Waals surface area contributed by atoms with Gasteiger partial charge in [-0.1, -0.05) is 75.7 Å². The first-order chi connectivity index (χ1) is 11.9. The summed E-state index contributed by atoms with van der Waals surface area (Å²) in [5.41, 5.74) is 12.7. The maximum Gasteiger partial charge on any atom is 0.0316 e. The van der Waals surface area contributed by atoms with Crippen LogP contribution >= 0.6 is 0 Å². The summed E-state index contributed by atoms with van der Waals surface area (Å²) in [5, 5.41) is 0. The predicted molar refractivity (Wildman–Crippen MR) is 108 cm³/mol. The molecule has 0 radical (unpaired) electrons. The third-order valence-electron chi connectivity index (χ3n) is 6.41. The van der Waals surface area contributed by atoms with E-state index >= 15 is 0 Å². The normalized spacial score (nSPS) is 17.3. The molecule has 1 aliphatic rings. The van der Waals surface area contributed by atoms with Crippen LogP contribution < -0.4 is 5.73 Å². The molecular weight excluding hydrogens is 302 g/mol. The maximum atomic E-state index is 7.28. The van der Waals surface area contributed by atoms with Crippen molar-refractivity contribution in [3.8, 4) is 0 Å². The van der Waals surface area contributed by atoms with E-state index in [1.165, 1.54) is 41.5 Å². The molecule has 1 aliphatic carbocycles. The van der Waals surface area contributed by atoms with Gasteiger partial charge < -0.3 is 5.73 Å². The molecule has 134 valence electrons. The van der Waals surface area contributed by atoms with Crippen molar-refractivity contribution in [2.75, 3.05) is 0 Å². The van der Waals surface area contributed by atoms with Gasteiger partial charge in [-0.05, 0) is 60.8 Å². The zero-order chi connectivity index (χ0) is 18.1. The minimum absolute atomic E-state index is 0.0567. The van der Waals surface area contributed by atoms with Crippen molar-refractivity contribution in [2.45, 2.75) is 70.8 Å². The van der Waals surface area contributed by atoms with E-state index in [2.05, 4.69) is 76.2 Å². The van der Waals surface area contributed by atoms with Crippen LogP contribution in [0.1, 0.15) is 62.3 Å². The molecule has 25 heavy (non-hydrogen) atoms. The van der Waals surface area contributed by atoms with Crippen LogP contribution in [-0.4, -0.2) is 5.54 Å². The lowest BCUT2D eigenvalue weighted by Gasteiger charge is -2.46. The maximum absolute atomic E-state index is 7.28. The summed E-state index contributed by atoms with van der Waals surface area (Å²) < 4.78 is 0. The van der Waals surface area contributed by atoms with E-state index in [4.69, 9.17) is 5.73 Å². The Balaban J connectivity index is 2.01. The Hall–Kier alpha value is -1.60. The summed E-state index contributed by atoms with van der Waals surface area (Å²) in [7, 11) is 0. The Morgan fingerprint density at radius 3 is 2.16 bits per heavy atom. The summed E-state index contributed by atoms with van der Waals surface area (Å²) in [6.07, 6.45) is 5.82. The highest BCUT2D eigenvalue weighted by atomic mass is 14.8. The zero-order valence-corrected chi connectivity index (χ0v) is 16.3. The standard InChI is InChI=1S/C24H33N/c1-5-10-19-12-7-8-13-20(19)17-24(25,21-15-16-21)23(3,4)22-14-9-6-11-18(22)2/h6-9,11-14,21H,5,10,15-17,25H2,1-4H3. The molecule has 1 nitrogen and oxygen atoms in total. The second kappa shape index (κ2) is 6.96. The second-order valence-corrected chi connectivity index (χ2v) is 8.45. The van der Waals surface area contributed by atoms with Crippen LogP contribution in [0.15, 0.2) is 48.5 Å². The average Bonchev–Trinajstić information content (AvgIpc) is 3.42. The van der Waals surface area contributed by atoms with Gasteiger partial charge in [0.25, 0.3) is 0 Å². The van der Waals surface area contributed by atoms with Crippen molar-refractivity contribution in [3.05, 3.63) is 70.8 Å². The highest BCUT2D eigenvalue weighted by molar-refractivity contribution is 5.39. The lowest BCUT2D eigenvalue weighted by Crippen LogP contribution is -2.59. The molecule has 1 unspecified atom stereocenters. The van der Waals surface area contributed by atoms with Gasteiger partial charge in [0.05, 0.1) is 0 Å². The van der Waals surface area contributed by atoms with Crippen molar-refractivity contribution in [3.63, 3.8) is 0 Å². The first-order valence-corrected chi connectivity index (χ1v) is 9.82. The molecule has 1 heteroatoms. The fraction of sp³-hybridized carbons (Fsp3) is 0.500. The molecule has 2 N–H and O–H groups in total. The monoisotopic (exact) mass is 335 g/mol. The van der Waals surface area contributed by atoms with Gasteiger partial charge in [0.15, 0.2) is 0 Å². The second-order valence-electron chi connectivity index (χ2n) is 8.45. The van der Waals surface area contributed by atoms with Crippen LogP contribution in [0.25, 0.3) is 0 Å².